The molecule has 1 amide bonds. The number of rotatable bonds is 5. The lowest BCUT2D eigenvalue weighted by atomic mass is 9.80. The summed E-state index contributed by atoms with van der Waals surface area (Å²) in [6, 6.07) is 10.5. The summed E-state index contributed by atoms with van der Waals surface area (Å²) in [5.74, 6) is 0.386. The average molecular weight is 473 g/mol. The Kier molecular flexibility index (Phi) is 4.96. The number of carbonyl (C=O) groups is 1. The molecular formula is C26H25FN6O2. The van der Waals surface area contributed by atoms with E-state index in [2.05, 4.69) is 20.6 Å². The van der Waals surface area contributed by atoms with Gasteiger partial charge in [0.1, 0.15) is 0 Å². The summed E-state index contributed by atoms with van der Waals surface area (Å²) in [6.45, 7) is 4.53. The van der Waals surface area contributed by atoms with Crippen molar-refractivity contribution in [1.29, 1.82) is 0 Å². The van der Waals surface area contributed by atoms with E-state index in [0.717, 1.165) is 43.0 Å². The van der Waals surface area contributed by atoms with Crippen LogP contribution in [0.1, 0.15) is 22.3 Å². The predicted molar refractivity (Wildman–Crippen MR) is 131 cm³/mol. The summed E-state index contributed by atoms with van der Waals surface area (Å²) in [6.07, 6.45) is 6.28. The lowest BCUT2D eigenvalue weighted by Crippen LogP contribution is -2.76. The highest BCUT2D eigenvalue weighted by atomic mass is 19.1. The number of hydrogen-bond acceptors (Lipinski definition) is 6. The molecule has 0 radical (unpaired) electrons. The molecule has 0 saturated carbocycles. The van der Waals surface area contributed by atoms with Gasteiger partial charge in [-0.3, -0.25) is 9.20 Å². The molecule has 2 N–H and O–H groups in total. The van der Waals surface area contributed by atoms with Gasteiger partial charge in [-0.05, 0) is 61.9 Å². The van der Waals surface area contributed by atoms with Crippen molar-refractivity contribution in [3.63, 3.8) is 0 Å². The van der Waals surface area contributed by atoms with E-state index >= 15 is 0 Å². The zero-order valence-corrected chi connectivity index (χ0v) is 19.5. The Morgan fingerprint density at radius 3 is 2.71 bits per heavy atom. The number of anilines is 2. The standard InChI is InChI=1S/C26H25FN6O2/c1-16-11-18(4-5-19(16)25(34)32-14-26(15-32)7-8-30-26)31-23-24-29-13-21(33(24)10-9-28-23)17-3-6-22(35-2)20(27)12-17/h3-6,9-13,30H,7-8,14-15H2,1-2H3,(H,28,31). The number of imidazole rings is 1. The van der Waals surface area contributed by atoms with Crippen molar-refractivity contribution in [2.24, 2.45) is 0 Å². The fourth-order valence-corrected chi connectivity index (χ4v) is 4.91. The molecule has 0 unspecified atom stereocenters. The number of nitrogens with one attached hydrogen (secondary N) is 2. The van der Waals surface area contributed by atoms with Crippen molar-refractivity contribution in [3.8, 4) is 17.0 Å². The third-order valence-corrected chi connectivity index (χ3v) is 6.97. The van der Waals surface area contributed by atoms with E-state index in [-0.39, 0.29) is 17.2 Å². The van der Waals surface area contributed by atoms with Gasteiger partial charge in [0, 0.05) is 42.3 Å². The molecule has 4 aromatic rings. The van der Waals surface area contributed by atoms with Crippen LogP contribution in [0.5, 0.6) is 5.75 Å². The molecule has 2 aliphatic heterocycles. The summed E-state index contributed by atoms with van der Waals surface area (Å²) in [5, 5.41) is 6.75. The number of aryl methyl sites for hydroxylation is 1. The number of carbonyl (C=O) groups excluding carboxylic acids is 1. The van der Waals surface area contributed by atoms with Gasteiger partial charge in [-0.25, -0.2) is 14.4 Å². The maximum atomic E-state index is 14.3. The van der Waals surface area contributed by atoms with Crippen LogP contribution in [0, 0.1) is 12.7 Å². The van der Waals surface area contributed by atoms with Crippen molar-refractivity contribution in [1.82, 2.24) is 24.6 Å². The van der Waals surface area contributed by atoms with Crippen LogP contribution < -0.4 is 15.4 Å². The van der Waals surface area contributed by atoms with Gasteiger partial charge < -0.3 is 20.3 Å². The summed E-state index contributed by atoms with van der Waals surface area (Å²) in [7, 11) is 1.44. The number of ether oxygens (including phenoxy) is 1. The third kappa shape index (κ3) is 3.59. The summed E-state index contributed by atoms with van der Waals surface area (Å²) < 4.78 is 21.1. The molecule has 6 rings (SSSR count). The summed E-state index contributed by atoms with van der Waals surface area (Å²) in [5.41, 5.74) is 4.59. The molecule has 0 aliphatic carbocycles. The number of methoxy groups -OCH3 is 1. The zero-order chi connectivity index (χ0) is 24.2. The highest BCUT2D eigenvalue weighted by Crippen LogP contribution is 2.32. The molecule has 2 aliphatic rings. The van der Waals surface area contributed by atoms with E-state index in [1.807, 2.05) is 34.4 Å². The predicted octanol–water partition coefficient (Wildman–Crippen LogP) is 3.78. The van der Waals surface area contributed by atoms with Crippen LogP contribution in [0.2, 0.25) is 0 Å². The third-order valence-electron chi connectivity index (χ3n) is 6.97. The number of hydrogen-bond donors (Lipinski definition) is 2. The fourth-order valence-electron chi connectivity index (χ4n) is 4.91. The Labute approximate surface area is 201 Å². The molecule has 2 aromatic heterocycles. The van der Waals surface area contributed by atoms with Crippen molar-refractivity contribution in [2.75, 3.05) is 32.1 Å². The van der Waals surface area contributed by atoms with Gasteiger partial charge in [-0.1, -0.05) is 0 Å². The minimum absolute atomic E-state index is 0.0678. The van der Waals surface area contributed by atoms with Gasteiger partial charge in [0.2, 0.25) is 0 Å². The summed E-state index contributed by atoms with van der Waals surface area (Å²) in [4.78, 5) is 23.8. The van der Waals surface area contributed by atoms with Crippen LogP contribution in [-0.4, -0.2) is 57.5 Å². The first kappa shape index (κ1) is 21.5. The molecule has 0 bridgehead atoms. The SMILES string of the molecule is COc1ccc(-c2cnc3c(Nc4ccc(C(=O)N5CC6(CCN6)C5)c(C)c4)nccn23)cc1F. The number of benzene rings is 2. The number of likely N-dealkylation sites (tertiary alicyclic amines) is 1. The van der Waals surface area contributed by atoms with Gasteiger partial charge in [0.15, 0.2) is 23.0 Å². The van der Waals surface area contributed by atoms with E-state index < -0.39 is 5.82 Å². The van der Waals surface area contributed by atoms with Crippen LogP contribution in [-0.2, 0) is 0 Å². The van der Waals surface area contributed by atoms with E-state index in [0.29, 0.717) is 22.6 Å². The summed E-state index contributed by atoms with van der Waals surface area (Å²) >= 11 is 0. The Hall–Kier alpha value is -3.98. The first-order valence-electron chi connectivity index (χ1n) is 11.5. The molecule has 2 saturated heterocycles. The molecular weight excluding hydrogens is 447 g/mol. The van der Waals surface area contributed by atoms with Crippen molar-refractivity contribution >= 4 is 23.1 Å². The van der Waals surface area contributed by atoms with Gasteiger partial charge >= 0.3 is 0 Å². The van der Waals surface area contributed by atoms with Gasteiger partial charge in [-0.15, -0.1) is 0 Å². The second-order valence-electron chi connectivity index (χ2n) is 9.24. The first-order chi connectivity index (χ1) is 17.0. The number of aromatic nitrogens is 3. The normalized spacial score (nSPS) is 16.1. The van der Waals surface area contributed by atoms with Crippen LogP contribution in [0.3, 0.4) is 0 Å². The van der Waals surface area contributed by atoms with Gasteiger partial charge in [0.25, 0.3) is 5.91 Å². The lowest BCUT2D eigenvalue weighted by molar-refractivity contribution is 0.00105. The van der Waals surface area contributed by atoms with Crippen molar-refractivity contribution < 1.29 is 13.9 Å². The highest BCUT2D eigenvalue weighted by molar-refractivity contribution is 5.97. The Bertz CT molecular complexity index is 1450. The van der Waals surface area contributed by atoms with Gasteiger partial charge in [0.05, 0.1) is 24.5 Å². The molecule has 2 fully saturated rings. The molecule has 2 aromatic carbocycles. The maximum Gasteiger partial charge on any atom is 0.254 e. The quantitative estimate of drug-likeness (QED) is 0.460. The Morgan fingerprint density at radius 1 is 1.20 bits per heavy atom. The zero-order valence-electron chi connectivity index (χ0n) is 19.5. The van der Waals surface area contributed by atoms with E-state index in [1.54, 1.807) is 30.7 Å². The molecule has 1 spiro atoms. The smallest absolute Gasteiger partial charge is 0.254 e. The molecule has 4 heterocycles. The minimum atomic E-state index is -0.435. The van der Waals surface area contributed by atoms with Crippen molar-refractivity contribution in [3.05, 3.63) is 71.9 Å². The lowest BCUT2D eigenvalue weighted by Gasteiger charge is -2.56. The Morgan fingerprint density at radius 2 is 2.03 bits per heavy atom. The molecule has 0 atom stereocenters. The number of nitrogens with zero attached hydrogens (tertiary/aromatic N) is 4. The minimum Gasteiger partial charge on any atom is -0.494 e. The number of amides is 1. The highest BCUT2D eigenvalue weighted by Gasteiger charge is 2.49. The van der Waals surface area contributed by atoms with Crippen LogP contribution in [0.25, 0.3) is 16.9 Å². The maximum absolute atomic E-state index is 14.3. The average Bonchev–Trinajstić information content (AvgIpc) is 3.22. The second kappa shape index (κ2) is 8.06. The molecule has 9 heteroatoms. The first-order valence-corrected chi connectivity index (χ1v) is 11.5. The van der Waals surface area contributed by atoms with Crippen LogP contribution in [0.4, 0.5) is 15.9 Å². The second-order valence-corrected chi connectivity index (χ2v) is 9.24. The van der Waals surface area contributed by atoms with Crippen molar-refractivity contribution in [2.45, 2.75) is 18.9 Å². The topological polar surface area (TPSA) is 83.8 Å². The van der Waals surface area contributed by atoms with Crippen LogP contribution in [0.15, 0.2) is 55.0 Å². The number of fused-ring (bicyclic) bond motifs is 1. The molecule has 35 heavy (non-hydrogen) atoms. The number of halogens is 1. The fraction of sp³-hybridized carbons (Fsp3) is 0.269. The largest absolute Gasteiger partial charge is 0.494 e. The van der Waals surface area contributed by atoms with Gasteiger partial charge in [-0.2, -0.15) is 0 Å². The molecule has 8 nitrogen and oxygen atoms in total. The van der Waals surface area contributed by atoms with E-state index in [4.69, 9.17) is 4.74 Å². The Balaban J connectivity index is 1.24. The molecule has 178 valence electrons. The monoisotopic (exact) mass is 472 g/mol. The van der Waals surface area contributed by atoms with E-state index in [9.17, 15) is 9.18 Å². The van der Waals surface area contributed by atoms with Crippen LogP contribution >= 0.6 is 0 Å². The van der Waals surface area contributed by atoms with E-state index in [1.165, 1.54) is 13.2 Å².